The quantitative estimate of drug-likeness (QED) is 0.767. The van der Waals surface area contributed by atoms with Gasteiger partial charge in [-0.05, 0) is 66.9 Å². The number of nitrogens with one attached hydrogen (secondary N) is 1. The molecule has 0 spiro atoms. The van der Waals surface area contributed by atoms with Crippen molar-refractivity contribution in [2.45, 2.75) is 12.5 Å². The molecule has 0 saturated heterocycles. The Hall–Kier alpha value is -2.43. The van der Waals surface area contributed by atoms with Crippen molar-refractivity contribution in [3.8, 4) is 5.75 Å². The molecule has 1 aromatic heterocycles. The van der Waals surface area contributed by atoms with Gasteiger partial charge in [-0.25, -0.2) is 0 Å². The van der Waals surface area contributed by atoms with Crippen LogP contribution in [-0.2, 0) is 6.42 Å². The van der Waals surface area contributed by atoms with E-state index in [0.717, 1.165) is 25.3 Å². The molecular weight excluding hydrogens is 322 g/mol. The average molecular weight is 347 g/mol. The molecule has 1 unspecified atom stereocenters. The Bertz CT molecular complexity index is 907. The van der Waals surface area contributed by atoms with Crippen molar-refractivity contribution >= 4 is 10.8 Å². The fourth-order valence-electron chi connectivity index (χ4n) is 3.56. The van der Waals surface area contributed by atoms with Gasteiger partial charge in [0.05, 0.1) is 6.04 Å². The molecule has 134 valence electrons. The van der Waals surface area contributed by atoms with E-state index in [0.29, 0.717) is 6.61 Å². The van der Waals surface area contributed by atoms with Crippen molar-refractivity contribution in [3.63, 3.8) is 0 Å². The van der Waals surface area contributed by atoms with Gasteiger partial charge in [-0.15, -0.1) is 0 Å². The summed E-state index contributed by atoms with van der Waals surface area (Å²) in [5, 5.41) is 6.08. The smallest absolute Gasteiger partial charge is 0.119 e. The molecule has 0 saturated carbocycles. The minimum atomic E-state index is 0.229. The van der Waals surface area contributed by atoms with E-state index in [1.54, 1.807) is 0 Å². The van der Waals surface area contributed by atoms with Crippen molar-refractivity contribution in [3.05, 3.63) is 71.5 Å². The zero-order valence-electron chi connectivity index (χ0n) is 15.4. The van der Waals surface area contributed by atoms with Gasteiger partial charge < -0.3 is 15.0 Å². The molecule has 26 heavy (non-hydrogen) atoms. The largest absolute Gasteiger partial charge is 0.492 e. The molecule has 1 aliphatic heterocycles. The van der Waals surface area contributed by atoms with Crippen molar-refractivity contribution in [2.24, 2.45) is 0 Å². The highest BCUT2D eigenvalue weighted by atomic mass is 16.5. The summed E-state index contributed by atoms with van der Waals surface area (Å²) < 4.78 is 5.91. The first-order chi connectivity index (χ1) is 12.7. The zero-order valence-corrected chi connectivity index (χ0v) is 15.4. The number of hydrogen-bond donors (Lipinski definition) is 1. The molecule has 1 aliphatic rings. The predicted molar refractivity (Wildman–Crippen MR) is 106 cm³/mol. The van der Waals surface area contributed by atoms with Crippen LogP contribution in [0.25, 0.3) is 10.8 Å². The summed E-state index contributed by atoms with van der Waals surface area (Å²) in [4.78, 5) is 6.34. The number of benzene rings is 2. The van der Waals surface area contributed by atoms with Crippen LogP contribution in [0.4, 0.5) is 0 Å². The molecule has 3 aromatic rings. The number of hydrogen-bond acceptors (Lipinski definition) is 4. The van der Waals surface area contributed by atoms with Crippen LogP contribution in [0.1, 0.15) is 22.7 Å². The predicted octanol–water partition coefficient (Wildman–Crippen LogP) is 3.41. The molecule has 2 heterocycles. The molecule has 2 aromatic carbocycles. The molecule has 4 nitrogen and oxygen atoms in total. The van der Waals surface area contributed by atoms with Crippen LogP contribution in [0.2, 0.25) is 0 Å². The maximum atomic E-state index is 5.91. The number of fused-ring (bicyclic) bond motifs is 2. The molecule has 4 rings (SSSR count). The number of nitrogens with zero attached hydrogens (tertiary/aromatic N) is 2. The van der Waals surface area contributed by atoms with Crippen molar-refractivity contribution in [2.75, 3.05) is 33.8 Å². The Morgan fingerprint density at radius 2 is 2.04 bits per heavy atom. The number of likely N-dealkylation sites (N-methyl/N-ethyl adjacent to an activating group) is 1. The molecule has 0 aliphatic carbocycles. The fraction of sp³-hybridized carbons (Fsp3) is 0.318. The average Bonchev–Trinajstić information content (AvgIpc) is 2.66. The van der Waals surface area contributed by atoms with E-state index < -0.39 is 0 Å². The van der Waals surface area contributed by atoms with E-state index in [9.17, 15) is 0 Å². The maximum Gasteiger partial charge on any atom is 0.119 e. The maximum absolute atomic E-state index is 5.91. The Morgan fingerprint density at radius 3 is 2.92 bits per heavy atom. The van der Waals surface area contributed by atoms with Gasteiger partial charge in [-0.3, -0.25) is 4.98 Å². The van der Waals surface area contributed by atoms with Crippen LogP contribution in [0.3, 0.4) is 0 Å². The van der Waals surface area contributed by atoms with E-state index in [2.05, 4.69) is 71.8 Å². The lowest BCUT2D eigenvalue weighted by molar-refractivity contribution is 0.261. The second-order valence-corrected chi connectivity index (χ2v) is 7.13. The standard InChI is InChI=1S/C22H25N3O/c1-25(2)11-12-26-20-5-6-21-17(14-20)8-10-24-22(21)18-3-4-19-15-23-9-7-16(19)13-18/h3-7,9,13-15,22,24H,8,10-12H2,1-2H3. The van der Waals surface area contributed by atoms with E-state index in [1.165, 1.54) is 27.5 Å². The van der Waals surface area contributed by atoms with Crippen LogP contribution >= 0.6 is 0 Å². The molecular formula is C22H25N3O. The summed E-state index contributed by atoms with van der Waals surface area (Å²) in [5.74, 6) is 0.968. The number of aromatic nitrogens is 1. The van der Waals surface area contributed by atoms with Crippen LogP contribution in [0, 0.1) is 0 Å². The molecule has 0 radical (unpaired) electrons. The number of pyridine rings is 1. The highest BCUT2D eigenvalue weighted by molar-refractivity contribution is 5.82. The number of rotatable bonds is 5. The van der Waals surface area contributed by atoms with Crippen molar-refractivity contribution in [1.29, 1.82) is 0 Å². The topological polar surface area (TPSA) is 37.4 Å². The van der Waals surface area contributed by atoms with Gasteiger partial charge in [-0.2, -0.15) is 0 Å². The summed E-state index contributed by atoms with van der Waals surface area (Å²) in [6, 6.07) is 15.5. The van der Waals surface area contributed by atoms with Gasteiger partial charge >= 0.3 is 0 Å². The third-order valence-corrected chi connectivity index (χ3v) is 4.97. The van der Waals surface area contributed by atoms with Crippen LogP contribution in [-0.4, -0.2) is 43.7 Å². The van der Waals surface area contributed by atoms with Gasteiger partial charge in [0, 0.05) is 30.9 Å². The third kappa shape index (κ3) is 3.57. The summed E-state index contributed by atoms with van der Waals surface area (Å²) in [6.45, 7) is 2.62. The van der Waals surface area contributed by atoms with Gasteiger partial charge in [0.1, 0.15) is 12.4 Å². The second kappa shape index (κ2) is 7.44. The highest BCUT2D eigenvalue weighted by Gasteiger charge is 2.22. The SMILES string of the molecule is CN(C)CCOc1ccc2c(c1)CCNC2c1ccc2cnccc2c1. The first-order valence-electron chi connectivity index (χ1n) is 9.18. The summed E-state index contributed by atoms with van der Waals surface area (Å²) in [6.07, 6.45) is 4.80. The number of ether oxygens (including phenoxy) is 1. The highest BCUT2D eigenvalue weighted by Crippen LogP contribution is 2.32. The molecule has 1 N–H and O–H groups in total. The van der Waals surface area contributed by atoms with Crippen LogP contribution < -0.4 is 10.1 Å². The summed E-state index contributed by atoms with van der Waals surface area (Å²) in [5.41, 5.74) is 4.03. The molecule has 0 fully saturated rings. The minimum Gasteiger partial charge on any atom is -0.492 e. The van der Waals surface area contributed by atoms with Crippen LogP contribution in [0.15, 0.2) is 54.9 Å². The molecule has 0 amide bonds. The second-order valence-electron chi connectivity index (χ2n) is 7.13. The summed E-state index contributed by atoms with van der Waals surface area (Å²) in [7, 11) is 4.12. The van der Waals surface area contributed by atoms with E-state index in [1.807, 2.05) is 12.4 Å². The van der Waals surface area contributed by atoms with Gasteiger partial charge in [0.15, 0.2) is 0 Å². The summed E-state index contributed by atoms with van der Waals surface area (Å²) >= 11 is 0. The molecule has 1 atom stereocenters. The monoisotopic (exact) mass is 347 g/mol. The Balaban J connectivity index is 1.60. The van der Waals surface area contributed by atoms with Gasteiger partial charge in [0.2, 0.25) is 0 Å². The van der Waals surface area contributed by atoms with Gasteiger partial charge in [-0.1, -0.05) is 18.2 Å². The van der Waals surface area contributed by atoms with Gasteiger partial charge in [0.25, 0.3) is 0 Å². The lowest BCUT2D eigenvalue weighted by atomic mass is 9.89. The molecule has 0 bridgehead atoms. The van der Waals surface area contributed by atoms with E-state index in [-0.39, 0.29) is 6.04 Å². The fourth-order valence-corrected chi connectivity index (χ4v) is 3.56. The lowest BCUT2D eigenvalue weighted by Gasteiger charge is -2.28. The lowest BCUT2D eigenvalue weighted by Crippen LogP contribution is -2.30. The Morgan fingerprint density at radius 1 is 1.12 bits per heavy atom. The third-order valence-electron chi connectivity index (χ3n) is 4.97. The molecule has 4 heteroatoms. The minimum absolute atomic E-state index is 0.229. The van der Waals surface area contributed by atoms with Crippen molar-refractivity contribution in [1.82, 2.24) is 15.2 Å². The van der Waals surface area contributed by atoms with Crippen molar-refractivity contribution < 1.29 is 4.74 Å². The van der Waals surface area contributed by atoms with E-state index >= 15 is 0 Å². The van der Waals surface area contributed by atoms with E-state index in [4.69, 9.17) is 4.74 Å². The Labute approximate surface area is 154 Å². The Kier molecular flexibility index (Phi) is 4.87. The first-order valence-corrected chi connectivity index (χ1v) is 9.18. The normalized spacial score (nSPS) is 16.7. The van der Waals surface area contributed by atoms with Crippen LogP contribution in [0.5, 0.6) is 5.75 Å². The first kappa shape index (κ1) is 17.0. The zero-order chi connectivity index (χ0) is 17.9.